The fourth-order valence-electron chi connectivity index (χ4n) is 5.92. The first-order valence-corrected chi connectivity index (χ1v) is 14.9. The van der Waals surface area contributed by atoms with Gasteiger partial charge in [-0.15, -0.1) is 17.9 Å². The van der Waals surface area contributed by atoms with E-state index in [9.17, 15) is 14.4 Å². The number of hydrogen-bond donors (Lipinski definition) is 1. The highest BCUT2D eigenvalue weighted by Crippen LogP contribution is 2.41. The summed E-state index contributed by atoms with van der Waals surface area (Å²) in [5.74, 6) is -1.20. The largest absolute Gasteiger partial charge is 0.357 e. The Kier molecular flexibility index (Phi) is 8.31. The van der Waals surface area contributed by atoms with Gasteiger partial charge in [0, 0.05) is 42.2 Å². The van der Waals surface area contributed by atoms with E-state index in [-0.39, 0.29) is 24.9 Å². The van der Waals surface area contributed by atoms with Gasteiger partial charge in [-0.1, -0.05) is 32.1 Å². The van der Waals surface area contributed by atoms with Crippen LogP contribution in [-0.2, 0) is 14.3 Å². The molecule has 1 aromatic carbocycles. The number of carbonyl (C=O) groups is 3. The number of ketones is 1. The number of amides is 2. The SMILES string of the molecule is C=C[C@]12OCC(=O)C1N(C(=O)C(CC(C)C)NC(=O)c1ccc(-c3nc(N4CCN(C)CC4)sc3C)cc1)C[C@@H]2F. The summed E-state index contributed by atoms with van der Waals surface area (Å²) in [4.78, 5) is 51.4. The number of nitrogens with zero attached hydrogens (tertiary/aromatic N) is 4. The number of fused-ring (bicyclic) bond motifs is 1. The number of alkyl halides is 1. The van der Waals surface area contributed by atoms with Crippen LogP contribution in [0.25, 0.3) is 11.3 Å². The second kappa shape index (κ2) is 11.6. The number of likely N-dealkylation sites (tertiary alicyclic amines) is 1. The van der Waals surface area contributed by atoms with E-state index in [0.29, 0.717) is 12.0 Å². The first-order valence-electron chi connectivity index (χ1n) is 14.1. The van der Waals surface area contributed by atoms with Crippen LogP contribution >= 0.6 is 11.3 Å². The number of halogens is 1. The van der Waals surface area contributed by atoms with Gasteiger partial charge in [0.25, 0.3) is 5.91 Å². The minimum Gasteiger partial charge on any atom is -0.357 e. The number of likely N-dealkylation sites (N-methyl/N-ethyl adjacent to an activating group) is 1. The molecule has 2 unspecified atom stereocenters. The van der Waals surface area contributed by atoms with Crippen molar-refractivity contribution in [2.75, 3.05) is 51.3 Å². The summed E-state index contributed by atoms with van der Waals surface area (Å²) in [6, 6.07) is 5.18. The van der Waals surface area contributed by atoms with Crippen molar-refractivity contribution in [2.24, 2.45) is 5.92 Å². The van der Waals surface area contributed by atoms with Crippen LogP contribution in [-0.4, -0.2) is 103 Å². The van der Waals surface area contributed by atoms with E-state index in [4.69, 9.17) is 9.72 Å². The van der Waals surface area contributed by atoms with Crippen molar-refractivity contribution in [3.05, 3.63) is 47.4 Å². The number of nitrogens with one attached hydrogen (secondary N) is 1. The van der Waals surface area contributed by atoms with Crippen molar-refractivity contribution in [1.82, 2.24) is 20.1 Å². The molecule has 0 radical (unpaired) electrons. The summed E-state index contributed by atoms with van der Waals surface area (Å²) in [7, 11) is 2.12. The van der Waals surface area contributed by atoms with Crippen molar-refractivity contribution in [3.8, 4) is 11.3 Å². The molecule has 0 saturated carbocycles. The zero-order chi connectivity index (χ0) is 29.5. The van der Waals surface area contributed by atoms with Crippen molar-refractivity contribution < 1.29 is 23.5 Å². The molecule has 3 saturated heterocycles. The van der Waals surface area contributed by atoms with Gasteiger partial charge in [0.2, 0.25) is 5.91 Å². The molecule has 2 amide bonds. The van der Waals surface area contributed by atoms with Gasteiger partial charge in [0.1, 0.15) is 24.3 Å². The number of aryl methyl sites for hydroxylation is 1. The van der Waals surface area contributed by atoms with E-state index < -0.39 is 35.7 Å². The van der Waals surface area contributed by atoms with Crippen LogP contribution in [0, 0.1) is 12.8 Å². The third kappa shape index (κ3) is 5.54. The van der Waals surface area contributed by atoms with Gasteiger partial charge < -0.3 is 24.8 Å². The van der Waals surface area contributed by atoms with Crippen molar-refractivity contribution in [2.45, 2.75) is 51.0 Å². The minimum atomic E-state index is -1.57. The lowest BCUT2D eigenvalue weighted by atomic mass is 9.92. The molecule has 3 fully saturated rings. The second-order valence-electron chi connectivity index (χ2n) is 11.6. The lowest BCUT2D eigenvalue weighted by Crippen LogP contribution is -2.54. The van der Waals surface area contributed by atoms with Crippen molar-refractivity contribution >= 4 is 34.1 Å². The maximum atomic E-state index is 15.1. The van der Waals surface area contributed by atoms with Crippen molar-refractivity contribution in [1.29, 1.82) is 0 Å². The third-order valence-corrected chi connectivity index (χ3v) is 9.28. The van der Waals surface area contributed by atoms with E-state index >= 15 is 4.39 Å². The summed E-state index contributed by atoms with van der Waals surface area (Å²) in [5.41, 5.74) is 0.672. The van der Waals surface area contributed by atoms with Crippen LogP contribution in [0.3, 0.4) is 0 Å². The second-order valence-corrected chi connectivity index (χ2v) is 12.8. The number of thiazole rings is 1. The normalized spacial score (nSPS) is 25.5. The number of ether oxygens (including phenoxy) is 1. The van der Waals surface area contributed by atoms with Gasteiger partial charge in [-0.3, -0.25) is 14.4 Å². The molecule has 4 heterocycles. The molecule has 11 heteroatoms. The number of hydrogen-bond acceptors (Lipinski definition) is 8. The van der Waals surface area contributed by atoms with E-state index in [2.05, 4.69) is 35.7 Å². The zero-order valence-electron chi connectivity index (χ0n) is 24.1. The molecule has 41 heavy (non-hydrogen) atoms. The van der Waals surface area contributed by atoms with Crippen LogP contribution in [0.4, 0.5) is 9.52 Å². The highest BCUT2D eigenvalue weighted by atomic mass is 32.1. The maximum absolute atomic E-state index is 15.1. The average Bonchev–Trinajstić information content (AvgIpc) is 3.60. The average molecular weight is 584 g/mol. The highest BCUT2D eigenvalue weighted by Gasteiger charge is 2.63. The Morgan fingerprint density at radius 3 is 2.56 bits per heavy atom. The Bertz CT molecular complexity index is 1320. The fraction of sp³-hybridized carbons (Fsp3) is 0.533. The number of carbonyl (C=O) groups excluding carboxylic acids is 3. The molecule has 3 aliphatic rings. The quantitative estimate of drug-likeness (QED) is 0.478. The molecule has 0 spiro atoms. The Morgan fingerprint density at radius 2 is 1.93 bits per heavy atom. The van der Waals surface area contributed by atoms with Crippen LogP contribution < -0.4 is 10.2 Å². The topological polar surface area (TPSA) is 95.1 Å². The monoisotopic (exact) mass is 583 g/mol. The van der Waals surface area contributed by atoms with E-state index in [1.54, 1.807) is 23.5 Å². The Hall–Kier alpha value is -3.15. The predicted octanol–water partition coefficient (Wildman–Crippen LogP) is 3.09. The smallest absolute Gasteiger partial charge is 0.251 e. The molecule has 1 N–H and O–H groups in total. The number of Topliss-reactive ketones (excluding diaryl/α,β-unsaturated/α-hetero) is 1. The van der Waals surface area contributed by atoms with Crippen molar-refractivity contribution in [3.63, 3.8) is 0 Å². The first-order chi connectivity index (χ1) is 19.5. The van der Waals surface area contributed by atoms with Crippen LogP contribution in [0.1, 0.15) is 35.5 Å². The maximum Gasteiger partial charge on any atom is 0.251 e. The summed E-state index contributed by atoms with van der Waals surface area (Å²) < 4.78 is 20.6. The first kappa shape index (κ1) is 29.3. The number of rotatable bonds is 8. The van der Waals surface area contributed by atoms with E-state index in [1.807, 2.05) is 26.0 Å². The van der Waals surface area contributed by atoms with Gasteiger partial charge in [-0.05, 0) is 38.4 Å². The highest BCUT2D eigenvalue weighted by molar-refractivity contribution is 7.16. The minimum absolute atomic E-state index is 0.0669. The number of aromatic nitrogens is 1. The molecule has 220 valence electrons. The van der Waals surface area contributed by atoms with E-state index in [0.717, 1.165) is 47.4 Å². The van der Waals surface area contributed by atoms with Crippen LogP contribution in [0.5, 0.6) is 0 Å². The molecular formula is C30H38FN5O4S. The van der Waals surface area contributed by atoms with Crippen LogP contribution in [0.15, 0.2) is 36.9 Å². The summed E-state index contributed by atoms with van der Waals surface area (Å²) in [5, 5.41) is 3.85. The molecule has 1 aromatic heterocycles. The molecule has 0 aliphatic carbocycles. The Morgan fingerprint density at radius 1 is 1.24 bits per heavy atom. The zero-order valence-corrected chi connectivity index (χ0v) is 24.9. The van der Waals surface area contributed by atoms with Gasteiger partial charge in [-0.2, -0.15) is 0 Å². The molecule has 2 aromatic rings. The molecule has 5 rings (SSSR count). The molecule has 9 nitrogen and oxygen atoms in total. The van der Waals surface area contributed by atoms with Gasteiger partial charge in [0.15, 0.2) is 17.1 Å². The summed E-state index contributed by atoms with van der Waals surface area (Å²) in [6.07, 6.45) is 0.0525. The number of piperazine rings is 1. The molecule has 3 aliphatic heterocycles. The molecule has 0 bridgehead atoms. The summed E-state index contributed by atoms with van der Waals surface area (Å²) in [6.45, 7) is 12.9. The molecule has 4 atom stereocenters. The van der Waals surface area contributed by atoms with E-state index in [1.165, 1.54) is 11.0 Å². The third-order valence-electron chi connectivity index (χ3n) is 8.25. The standard InChI is InChI=1S/C30H38FN5O4S/c1-6-30-24(31)16-36(26(30)23(37)17-40-30)28(39)22(15-18(2)3)32-27(38)21-9-7-20(8-10-21)25-19(4)41-29(33-25)35-13-11-34(5)12-14-35/h6-10,18,22,24,26H,1,11-17H2,2-5H3,(H,32,38)/t22?,24-,26?,30+/m0/s1. The Balaban J connectivity index is 1.30. The summed E-state index contributed by atoms with van der Waals surface area (Å²) >= 11 is 1.67. The van der Waals surface area contributed by atoms with Gasteiger partial charge in [-0.25, -0.2) is 9.37 Å². The predicted molar refractivity (Wildman–Crippen MR) is 157 cm³/mol. The molecular weight excluding hydrogens is 545 g/mol. The fourth-order valence-corrected chi connectivity index (χ4v) is 6.90. The van der Waals surface area contributed by atoms with Gasteiger partial charge in [0.05, 0.1) is 12.2 Å². The lowest BCUT2D eigenvalue weighted by Gasteiger charge is -2.32. The van der Waals surface area contributed by atoms with Crippen LogP contribution in [0.2, 0.25) is 0 Å². The Labute approximate surface area is 244 Å². The lowest BCUT2D eigenvalue weighted by molar-refractivity contribution is -0.138. The number of benzene rings is 1. The number of anilines is 1. The van der Waals surface area contributed by atoms with Gasteiger partial charge >= 0.3 is 0 Å².